The third-order valence-electron chi connectivity index (χ3n) is 3.03. The van der Waals surface area contributed by atoms with E-state index >= 15 is 0 Å². The summed E-state index contributed by atoms with van der Waals surface area (Å²) in [5.41, 5.74) is 5.98. The Bertz CT molecular complexity index is 659. The number of benzene rings is 1. The molecule has 7 nitrogen and oxygen atoms in total. The van der Waals surface area contributed by atoms with Gasteiger partial charge in [0.05, 0.1) is 13.2 Å². The molecule has 0 saturated carbocycles. The molecule has 1 saturated heterocycles. The molecule has 2 aromatic rings. The summed E-state index contributed by atoms with van der Waals surface area (Å²) in [5, 5.41) is 0. The fourth-order valence-corrected chi connectivity index (χ4v) is 1.98. The van der Waals surface area contributed by atoms with Crippen LogP contribution in [0.5, 0.6) is 0 Å². The summed E-state index contributed by atoms with van der Waals surface area (Å²) >= 11 is 0. The highest BCUT2D eigenvalue weighted by atomic mass is 16.9. The zero-order chi connectivity index (χ0) is 14.7. The van der Waals surface area contributed by atoms with E-state index in [1.807, 2.05) is 30.3 Å². The maximum atomic E-state index is 11.7. The topological polar surface area (TPSA) is 88.6 Å². The minimum atomic E-state index is -0.806. The number of hydrogen-bond donors (Lipinski definition) is 1. The average Bonchev–Trinajstić information content (AvgIpc) is 2.95. The number of nitrogen functional groups attached to an aromatic ring is 1. The second-order valence-electron chi connectivity index (χ2n) is 4.55. The quantitative estimate of drug-likeness (QED) is 0.898. The molecule has 0 aliphatic carbocycles. The largest absolute Gasteiger partial charge is 0.383 e. The normalized spacial score (nSPS) is 21.5. The van der Waals surface area contributed by atoms with Crippen LogP contribution in [0.15, 0.2) is 47.4 Å². The molecule has 7 heteroatoms. The van der Waals surface area contributed by atoms with Crippen molar-refractivity contribution in [3.05, 3.63) is 58.6 Å². The van der Waals surface area contributed by atoms with Crippen molar-refractivity contribution < 1.29 is 14.2 Å². The van der Waals surface area contributed by atoms with Crippen LogP contribution in [-0.4, -0.2) is 22.6 Å². The highest BCUT2D eigenvalue weighted by Gasteiger charge is 2.28. The lowest BCUT2D eigenvalue weighted by molar-refractivity contribution is -0.248. The van der Waals surface area contributed by atoms with Gasteiger partial charge in [-0.05, 0) is 11.6 Å². The lowest BCUT2D eigenvalue weighted by Gasteiger charge is -2.13. The molecular weight excluding hydrogens is 274 g/mol. The first-order valence-corrected chi connectivity index (χ1v) is 6.49. The Labute approximate surface area is 120 Å². The van der Waals surface area contributed by atoms with Gasteiger partial charge in [0.15, 0.2) is 6.23 Å². The maximum Gasteiger partial charge on any atom is 0.351 e. The summed E-state index contributed by atoms with van der Waals surface area (Å²) in [6.07, 6.45) is 0.963. The lowest BCUT2D eigenvalue weighted by Crippen LogP contribution is -2.28. The molecule has 1 aliphatic rings. The van der Waals surface area contributed by atoms with E-state index in [0.717, 1.165) is 5.56 Å². The Morgan fingerprint density at radius 3 is 2.90 bits per heavy atom. The number of ether oxygens (including phenoxy) is 3. The molecule has 0 radical (unpaired) electrons. The van der Waals surface area contributed by atoms with Crippen LogP contribution >= 0.6 is 0 Å². The van der Waals surface area contributed by atoms with Crippen LogP contribution < -0.4 is 11.4 Å². The van der Waals surface area contributed by atoms with E-state index in [1.54, 1.807) is 0 Å². The molecule has 0 bridgehead atoms. The predicted octanol–water partition coefficient (Wildman–Crippen LogP) is 0.871. The Balaban J connectivity index is 1.59. The monoisotopic (exact) mass is 289 g/mol. The van der Waals surface area contributed by atoms with Gasteiger partial charge in [-0.1, -0.05) is 30.3 Å². The van der Waals surface area contributed by atoms with E-state index in [9.17, 15) is 4.79 Å². The average molecular weight is 289 g/mol. The van der Waals surface area contributed by atoms with Crippen molar-refractivity contribution in [2.45, 2.75) is 19.3 Å². The van der Waals surface area contributed by atoms with Crippen molar-refractivity contribution >= 4 is 5.82 Å². The van der Waals surface area contributed by atoms with E-state index in [1.165, 1.54) is 16.8 Å². The SMILES string of the molecule is Nc1ccn([C@H]2CO[C@H](OCc3ccccc3)O2)c(=O)n1. The number of nitrogens with two attached hydrogens (primary N) is 1. The Kier molecular flexibility index (Phi) is 3.96. The van der Waals surface area contributed by atoms with Gasteiger partial charge in [0.25, 0.3) is 6.48 Å². The zero-order valence-corrected chi connectivity index (χ0v) is 11.2. The Morgan fingerprint density at radius 1 is 1.33 bits per heavy atom. The summed E-state index contributed by atoms with van der Waals surface area (Å²) in [5.74, 6) is 0.173. The molecule has 2 heterocycles. The summed E-state index contributed by atoms with van der Waals surface area (Å²) < 4.78 is 17.7. The van der Waals surface area contributed by atoms with Gasteiger partial charge in [0, 0.05) is 6.20 Å². The van der Waals surface area contributed by atoms with Crippen LogP contribution in [0.2, 0.25) is 0 Å². The fourth-order valence-electron chi connectivity index (χ4n) is 1.98. The van der Waals surface area contributed by atoms with E-state index in [0.29, 0.717) is 6.61 Å². The third-order valence-corrected chi connectivity index (χ3v) is 3.03. The van der Waals surface area contributed by atoms with Crippen molar-refractivity contribution in [2.75, 3.05) is 12.3 Å². The van der Waals surface area contributed by atoms with Crippen molar-refractivity contribution in [3.63, 3.8) is 0 Å². The van der Waals surface area contributed by atoms with Crippen molar-refractivity contribution in [3.8, 4) is 0 Å². The maximum absolute atomic E-state index is 11.7. The van der Waals surface area contributed by atoms with Gasteiger partial charge >= 0.3 is 5.69 Å². The smallest absolute Gasteiger partial charge is 0.351 e. The summed E-state index contributed by atoms with van der Waals surface area (Å²) in [6.45, 7) is -0.224. The molecular formula is C14H15N3O4. The highest BCUT2D eigenvalue weighted by molar-refractivity contribution is 5.23. The first kappa shape index (κ1) is 13.7. The number of rotatable bonds is 4. The number of anilines is 1. The number of aromatic nitrogens is 2. The van der Waals surface area contributed by atoms with Crippen LogP contribution in [-0.2, 0) is 20.8 Å². The summed E-state index contributed by atoms with van der Waals surface area (Å²) in [4.78, 5) is 15.4. The van der Waals surface area contributed by atoms with Gasteiger partial charge in [-0.2, -0.15) is 4.98 Å². The molecule has 21 heavy (non-hydrogen) atoms. The van der Waals surface area contributed by atoms with Crippen LogP contribution in [0.1, 0.15) is 11.8 Å². The van der Waals surface area contributed by atoms with Crippen LogP contribution in [0, 0.1) is 0 Å². The molecule has 0 unspecified atom stereocenters. The third kappa shape index (κ3) is 3.27. The molecule has 0 spiro atoms. The Hall–Kier alpha value is -2.22. The molecule has 1 aromatic carbocycles. The van der Waals surface area contributed by atoms with E-state index < -0.39 is 18.4 Å². The van der Waals surface area contributed by atoms with Gasteiger partial charge in [-0.15, -0.1) is 0 Å². The van der Waals surface area contributed by atoms with Gasteiger partial charge in [-0.25, -0.2) is 4.79 Å². The highest BCUT2D eigenvalue weighted by Crippen LogP contribution is 2.21. The first-order chi connectivity index (χ1) is 10.2. The van der Waals surface area contributed by atoms with Gasteiger partial charge in [0.1, 0.15) is 5.82 Å². The minimum absolute atomic E-state index is 0.173. The number of hydrogen-bond acceptors (Lipinski definition) is 6. The van der Waals surface area contributed by atoms with Gasteiger partial charge < -0.3 is 19.9 Å². The second kappa shape index (κ2) is 6.04. The van der Waals surface area contributed by atoms with Crippen LogP contribution in [0.25, 0.3) is 0 Å². The molecule has 0 amide bonds. The first-order valence-electron chi connectivity index (χ1n) is 6.49. The van der Waals surface area contributed by atoms with E-state index in [4.69, 9.17) is 19.9 Å². The molecule has 110 valence electrons. The van der Waals surface area contributed by atoms with E-state index in [2.05, 4.69) is 4.98 Å². The summed E-state index contributed by atoms with van der Waals surface area (Å²) in [6, 6.07) is 11.2. The standard InChI is InChI=1S/C14H15N3O4/c15-11-6-7-17(13(18)16-11)12-9-20-14(21-12)19-8-10-4-2-1-3-5-10/h1-7,12,14H,8-9H2,(H2,15,16,18)/t12-,14+/m1/s1. The molecule has 3 rings (SSSR count). The van der Waals surface area contributed by atoms with Crippen molar-refractivity contribution in [1.82, 2.24) is 9.55 Å². The van der Waals surface area contributed by atoms with Gasteiger partial charge in [-0.3, -0.25) is 4.57 Å². The molecule has 1 aliphatic heterocycles. The second-order valence-corrected chi connectivity index (χ2v) is 4.55. The Morgan fingerprint density at radius 2 is 2.14 bits per heavy atom. The fraction of sp³-hybridized carbons (Fsp3) is 0.286. The number of nitrogens with zero attached hydrogens (tertiary/aromatic N) is 2. The van der Waals surface area contributed by atoms with Gasteiger partial charge in [0.2, 0.25) is 0 Å². The molecule has 2 N–H and O–H groups in total. The summed E-state index contributed by atoms with van der Waals surface area (Å²) in [7, 11) is 0. The minimum Gasteiger partial charge on any atom is -0.383 e. The van der Waals surface area contributed by atoms with Crippen molar-refractivity contribution in [1.29, 1.82) is 0 Å². The van der Waals surface area contributed by atoms with Crippen LogP contribution in [0.4, 0.5) is 5.82 Å². The van der Waals surface area contributed by atoms with Crippen LogP contribution in [0.3, 0.4) is 0 Å². The van der Waals surface area contributed by atoms with Crippen molar-refractivity contribution in [2.24, 2.45) is 0 Å². The molecule has 1 aromatic heterocycles. The lowest BCUT2D eigenvalue weighted by atomic mass is 10.2. The molecule has 1 fully saturated rings. The molecule has 2 atom stereocenters. The van der Waals surface area contributed by atoms with E-state index in [-0.39, 0.29) is 12.4 Å². The predicted molar refractivity (Wildman–Crippen MR) is 74.0 cm³/mol. The zero-order valence-electron chi connectivity index (χ0n) is 11.2.